The number of para-hydroxylation sites is 1. The topological polar surface area (TPSA) is 17.2 Å². The van der Waals surface area contributed by atoms with Crippen molar-refractivity contribution in [3.8, 4) is 0 Å². The van der Waals surface area contributed by atoms with Crippen LogP contribution in [0.1, 0.15) is 11.1 Å². The van der Waals surface area contributed by atoms with Gasteiger partial charge >= 0.3 is 0 Å². The summed E-state index contributed by atoms with van der Waals surface area (Å²) in [5, 5.41) is 0. The molecule has 0 aliphatic rings. The van der Waals surface area contributed by atoms with Crippen molar-refractivity contribution >= 4 is 17.8 Å². The third-order valence-corrected chi connectivity index (χ3v) is 2.22. The van der Waals surface area contributed by atoms with Gasteiger partial charge in [0.05, 0.1) is 6.57 Å². The lowest BCUT2D eigenvalue weighted by Crippen LogP contribution is -1.74. The third-order valence-electron chi connectivity index (χ3n) is 2.22. The Morgan fingerprint density at radius 1 is 1.00 bits per heavy atom. The number of hydrogen-bond donors (Lipinski definition) is 0. The van der Waals surface area contributed by atoms with Gasteiger partial charge in [0.25, 0.3) is 0 Å². The first kappa shape index (κ1) is 10.1. The first-order valence-electron chi connectivity index (χ1n) is 4.95. The summed E-state index contributed by atoms with van der Waals surface area (Å²) in [4.78, 5) is 7.42. The van der Waals surface area contributed by atoms with Crippen LogP contribution in [0.25, 0.3) is 17.0 Å². The average molecular weight is 206 g/mol. The molecule has 1 heterocycles. The molecule has 0 spiro atoms. The summed E-state index contributed by atoms with van der Waals surface area (Å²) in [6.45, 7) is 7.05. The molecule has 2 heteroatoms. The zero-order valence-corrected chi connectivity index (χ0v) is 8.67. The average Bonchev–Trinajstić information content (AvgIpc) is 2.38. The van der Waals surface area contributed by atoms with Crippen LogP contribution in [0.15, 0.2) is 48.8 Å². The summed E-state index contributed by atoms with van der Waals surface area (Å²) < 4.78 is 0. The Bertz CT molecular complexity index is 536. The van der Waals surface area contributed by atoms with E-state index in [4.69, 9.17) is 6.57 Å². The van der Waals surface area contributed by atoms with Gasteiger partial charge in [-0.15, -0.1) is 0 Å². The predicted octanol–water partition coefficient (Wildman–Crippen LogP) is 3.80. The smallest absolute Gasteiger partial charge is 0.194 e. The second-order valence-electron chi connectivity index (χ2n) is 3.28. The predicted molar refractivity (Wildman–Crippen MR) is 65.9 cm³/mol. The minimum absolute atomic E-state index is 0.674. The van der Waals surface area contributed by atoms with Crippen molar-refractivity contribution in [2.45, 2.75) is 0 Å². The van der Waals surface area contributed by atoms with Crippen LogP contribution in [-0.2, 0) is 0 Å². The second-order valence-corrected chi connectivity index (χ2v) is 3.28. The van der Waals surface area contributed by atoms with E-state index in [0.29, 0.717) is 5.69 Å². The van der Waals surface area contributed by atoms with Gasteiger partial charge in [0.1, 0.15) is 0 Å². The lowest BCUT2D eigenvalue weighted by molar-refractivity contribution is 1.32. The van der Waals surface area contributed by atoms with Crippen LogP contribution in [0.2, 0.25) is 0 Å². The van der Waals surface area contributed by atoms with Crippen LogP contribution in [0.4, 0.5) is 5.69 Å². The minimum Gasteiger partial charge on any atom is -0.265 e. The van der Waals surface area contributed by atoms with Gasteiger partial charge in [0.2, 0.25) is 0 Å². The van der Waals surface area contributed by atoms with Crippen LogP contribution in [-0.4, -0.2) is 4.98 Å². The highest BCUT2D eigenvalue weighted by Crippen LogP contribution is 2.20. The van der Waals surface area contributed by atoms with Gasteiger partial charge in [0.15, 0.2) is 5.69 Å². The zero-order chi connectivity index (χ0) is 11.2. The summed E-state index contributed by atoms with van der Waals surface area (Å²) in [6.07, 6.45) is 7.43. The molecule has 1 aromatic heterocycles. The Hall–Kier alpha value is -2.40. The van der Waals surface area contributed by atoms with Crippen LogP contribution < -0.4 is 0 Å². The molecule has 0 radical (unpaired) electrons. The fourth-order valence-corrected chi connectivity index (χ4v) is 1.39. The maximum atomic E-state index is 7.05. The Kier molecular flexibility index (Phi) is 3.10. The molecule has 16 heavy (non-hydrogen) atoms. The highest BCUT2D eigenvalue weighted by molar-refractivity contribution is 5.76. The van der Waals surface area contributed by atoms with Gasteiger partial charge in [-0.2, -0.15) is 0 Å². The molecule has 0 aliphatic carbocycles. The molecule has 2 rings (SSSR count). The van der Waals surface area contributed by atoms with E-state index in [-0.39, 0.29) is 0 Å². The number of hydrogen-bond acceptors (Lipinski definition) is 1. The Balaban J connectivity index is 2.28. The Labute approximate surface area is 94.7 Å². The fraction of sp³-hybridized carbons (Fsp3) is 0. The van der Waals surface area contributed by atoms with Gasteiger partial charge < -0.3 is 0 Å². The molecule has 0 saturated carbocycles. The van der Waals surface area contributed by atoms with Crippen molar-refractivity contribution in [1.29, 1.82) is 0 Å². The molecule has 0 fully saturated rings. The van der Waals surface area contributed by atoms with Crippen molar-refractivity contribution in [3.05, 3.63) is 71.3 Å². The molecule has 0 N–H and O–H groups in total. The molecule has 0 atom stereocenters. The summed E-state index contributed by atoms with van der Waals surface area (Å²) in [5.74, 6) is 0. The Morgan fingerprint density at radius 3 is 2.50 bits per heavy atom. The van der Waals surface area contributed by atoms with E-state index in [1.165, 1.54) is 0 Å². The molecule has 0 amide bonds. The van der Waals surface area contributed by atoms with Crippen LogP contribution in [0.3, 0.4) is 0 Å². The second kappa shape index (κ2) is 4.90. The van der Waals surface area contributed by atoms with Gasteiger partial charge in [-0.1, -0.05) is 36.4 Å². The van der Waals surface area contributed by atoms with Crippen LogP contribution in [0.5, 0.6) is 0 Å². The van der Waals surface area contributed by atoms with Crippen LogP contribution >= 0.6 is 0 Å². The van der Waals surface area contributed by atoms with Crippen molar-refractivity contribution in [2.24, 2.45) is 0 Å². The standard InChI is InChI=1S/C14H10N2/c1-15-14-5-3-2-4-13(14)7-6-12-8-10-16-11-9-12/h2-11H/b7-6+. The fourth-order valence-electron chi connectivity index (χ4n) is 1.39. The summed E-state index contributed by atoms with van der Waals surface area (Å²) >= 11 is 0. The summed E-state index contributed by atoms with van der Waals surface area (Å²) in [5.41, 5.74) is 2.69. The third kappa shape index (κ3) is 2.34. The molecule has 0 saturated heterocycles. The van der Waals surface area contributed by atoms with E-state index in [9.17, 15) is 0 Å². The first-order chi connectivity index (χ1) is 7.90. The van der Waals surface area contributed by atoms with E-state index in [0.717, 1.165) is 11.1 Å². The normalized spacial score (nSPS) is 10.2. The molecular weight excluding hydrogens is 196 g/mol. The van der Waals surface area contributed by atoms with Gasteiger partial charge in [-0.25, -0.2) is 4.85 Å². The lowest BCUT2D eigenvalue weighted by atomic mass is 10.1. The molecular formula is C14H10N2. The number of nitrogens with zero attached hydrogens (tertiary/aromatic N) is 2. The SMILES string of the molecule is [C-]#[N+]c1ccccc1/C=C/c1ccncc1. The van der Waals surface area contributed by atoms with Crippen molar-refractivity contribution in [2.75, 3.05) is 0 Å². The Morgan fingerprint density at radius 2 is 1.75 bits per heavy atom. The number of rotatable bonds is 2. The lowest BCUT2D eigenvalue weighted by Gasteiger charge is -1.96. The molecule has 2 aromatic rings. The maximum absolute atomic E-state index is 7.05. The number of aromatic nitrogens is 1. The maximum Gasteiger partial charge on any atom is 0.194 e. The summed E-state index contributed by atoms with van der Waals surface area (Å²) in [7, 11) is 0. The molecule has 2 nitrogen and oxygen atoms in total. The van der Waals surface area contributed by atoms with E-state index in [1.807, 2.05) is 48.6 Å². The van der Waals surface area contributed by atoms with Gasteiger partial charge in [-0.05, 0) is 23.3 Å². The number of pyridine rings is 1. The molecule has 0 bridgehead atoms. The zero-order valence-electron chi connectivity index (χ0n) is 8.67. The van der Waals surface area contributed by atoms with Crippen molar-refractivity contribution in [3.63, 3.8) is 0 Å². The van der Waals surface area contributed by atoms with Gasteiger partial charge in [-0.3, -0.25) is 4.98 Å². The van der Waals surface area contributed by atoms with Crippen molar-refractivity contribution in [1.82, 2.24) is 4.98 Å². The highest BCUT2D eigenvalue weighted by Gasteiger charge is 1.95. The first-order valence-corrected chi connectivity index (χ1v) is 4.95. The molecule has 76 valence electrons. The van der Waals surface area contributed by atoms with E-state index in [2.05, 4.69) is 9.83 Å². The number of benzene rings is 1. The van der Waals surface area contributed by atoms with Gasteiger partial charge in [0, 0.05) is 12.4 Å². The highest BCUT2D eigenvalue weighted by atomic mass is 14.6. The van der Waals surface area contributed by atoms with Crippen LogP contribution in [0, 0.1) is 6.57 Å². The quantitative estimate of drug-likeness (QED) is 0.683. The largest absolute Gasteiger partial charge is 0.265 e. The van der Waals surface area contributed by atoms with Crippen molar-refractivity contribution < 1.29 is 0 Å². The van der Waals surface area contributed by atoms with E-state index >= 15 is 0 Å². The monoisotopic (exact) mass is 206 g/mol. The van der Waals surface area contributed by atoms with E-state index < -0.39 is 0 Å². The molecule has 0 unspecified atom stereocenters. The molecule has 1 aromatic carbocycles. The minimum atomic E-state index is 0.674. The summed E-state index contributed by atoms with van der Waals surface area (Å²) in [6, 6.07) is 11.4. The van der Waals surface area contributed by atoms with E-state index in [1.54, 1.807) is 12.4 Å². The molecule has 0 aliphatic heterocycles.